The van der Waals surface area contributed by atoms with E-state index in [1.165, 1.54) is 50.3 Å². The first kappa shape index (κ1) is 32.6. The van der Waals surface area contributed by atoms with E-state index in [0.717, 1.165) is 22.8 Å². The maximum Gasteiger partial charge on any atom is 0.0541 e. The Morgan fingerprint density at radius 2 is 1.19 bits per heavy atom. The van der Waals surface area contributed by atoms with E-state index in [1.807, 2.05) is 25.1 Å². The Kier molecular flexibility index (Phi) is 9.01. The predicted molar refractivity (Wildman–Crippen MR) is 221 cm³/mol. The Hall–Kier alpha value is -6.56. The van der Waals surface area contributed by atoms with E-state index >= 15 is 0 Å². The molecular formula is C50H40N2. The lowest BCUT2D eigenvalue weighted by atomic mass is 9.76. The fraction of sp³-hybridized carbons (Fsp3) is 0.0800. The molecule has 0 saturated heterocycles. The Labute approximate surface area is 308 Å². The zero-order valence-corrected chi connectivity index (χ0v) is 29.5. The van der Waals surface area contributed by atoms with Crippen LogP contribution in [0.2, 0.25) is 0 Å². The van der Waals surface area contributed by atoms with Crippen molar-refractivity contribution in [1.29, 1.82) is 0 Å². The number of benzene rings is 6. The number of para-hydroxylation sites is 2. The minimum absolute atomic E-state index is 0.205. The van der Waals surface area contributed by atoms with E-state index in [-0.39, 0.29) is 11.8 Å². The van der Waals surface area contributed by atoms with Gasteiger partial charge in [-0.25, -0.2) is 0 Å². The zero-order chi connectivity index (χ0) is 35.4. The van der Waals surface area contributed by atoms with Gasteiger partial charge in [0.2, 0.25) is 0 Å². The highest BCUT2D eigenvalue weighted by Gasteiger charge is 2.41. The van der Waals surface area contributed by atoms with Crippen molar-refractivity contribution < 1.29 is 0 Å². The lowest BCUT2D eigenvalue weighted by molar-refractivity contribution is 0.636. The molecule has 1 heterocycles. The van der Waals surface area contributed by atoms with Crippen molar-refractivity contribution in [3.63, 3.8) is 0 Å². The minimum Gasteiger partial charge on any atom is -0.313 e. The van der Waals surface area contributed by atoms with E-state index in [0.29, 0.717) is 0 Å². The van der Waals surface area contributed by atoms with Gasteiger partial charge in [-0.2, -0.15) is 0 Å². The Balaban J connectivity index is 1.16. The topological polar surface area (TPSA) is 6.48 Å². The maximum atomic E-state index is 5.85. The monoisotopic (exact) mass is 668 g/mol. The second kappa shape index (κ2) is 14.4. The third-order valence-electron chi connectivity index (χ3n) is 10.2. The van der Waals surface area contributed by atoms with Gasteiger partial charge >= 0.3 is 0 Å². The molecule has 1 aliphatic heterocycles. The molecule has 0 amide bonds. The quantitative estimate of drug-likeness (QED) is 0.118. The first-order valence-electron chi connectivity index (χ1n) is 18.0. The average molecular weight is 669 g/mol. The summed E-state index contributed by atoms with van der Waals surface area (Å²) < 4.78 is 0. The van der Waals surface area contributed by atoms with Gasteiger partial charge in [-0.1, -0.05) is 146 Å². The highest BCUT2D eigenvalue weighted by molar-refractivity contribution is 5.87. The number of fused-ring (bicyclic) bond motifs is 3. The predicted octanol–water partition coefficient (Wildman–Crippen LogP) is 13.1. The van der Waals surface area contributed by atoms with Crippen molar-refractivity contribution in [2.24, 2.45) is 5.92 Å². The third kappa shape index (κ3) is 6.08. The van der Waals surface area contributed by atoms with Gasteiger partial charge in [0, 0.05) is 34.8 Å². The smallest absolute Gasteiger partial charge is 0.0541 e. The van der Waals surface area contributed by atoms with Crippen LogP contribution in [0, 0.1) is 18.3 Å². The molecule has 6 aromatic carbocycles. The molecule has 0 N–H and O–H groups in total. The summed E-state index contributed by atoms with van der Waals surface area (Å²) in [5, 5.41) is 0. The van der Waals surface area contributed by atoms with Crippen molar-refractivity contribution >= 4 is 28.3 Å². The SMILES string of the molecule is C#C/C=C(\C=C/C)N(c1ccccc1)c1ccc2c(c1)N(c1ccccc1)C1=CC=C(c3ccc(-c4ccc(-c5ccccc5)cc4)cc3)C(C)C12. The number of anilines is 4. The number of hydrogen-bond acceptors (Lipinski definition) is 2. The highest BCUT2D eigenvalue weighted by atomic mass is 15.2. The summed E-state index contributed by atoms with van der Waals surface area (Å²) in [5.41, 5.74) is 15.5. The molecular weight excluding hydrogens is 629 g/mol. The van der Waals surface area contributed by atoms with Crippen LogP contribution < -0.4 is 9.80 Å². The number of terminal acetylenes is 1. The molecule has 2 heteroatoms. The molecule has 2 unspecified atom stereocenters. The van der Waals surface area contributed by atoms with Gasteiger partial charge in [-0.05, 0) is 100 Å². The van der Waals surface area contributed by atoms with Crippen LogP contribution in [0.25, 0.3) is 27.8 Å². The summed E-state index contributed by atoms with van der Waals surface area (Å²) in [6.07, 6.45) is 16.5. The summed E-state index contributed by atoms with van der Waals surface area (Å²) in [4.78, 5) is 4.68. The normalized spacial score (nSPS) is 16.5. The molecule has 6 aromatic rings. The van der Waals surface area contributed by atoms with Gasteiger partial charge in [-0.15, -0.1) is 6.42 Å². The third-order valence-corrected chi connectivity index (χ3v) is 10.2. The van der Waals surface area contributed by atoms with Crippen LogP contribution in [-0.2, 0) is 0 Å². The van der Waals surface area contributed by atoms with E-state index in [9.17, 15) is 0 Å². The molecule has 1 aliphatic carbocycles. The van der Waals surface area contributed by atoms with Crippen molar-refractivity contribution in [2.75, 3.05) is 9.80 Å². The second-order valence-electron chi connectivity index (χ2n) is 13.3. The van der Waals surface area contributed by atoms with Gasteiger partial charge < -0.3 is 9.80 Å². The number of nitrogens with zero attached hydrogens (tertiary/aromatic N) is 2. The van der Waals surface area contributed by atoms with Crippen LogP contribution in [0.15, 0.2) is 199 Å². The van der Waals surface area contributed by atoms with Crippen LogP contribution >= 0.6 is 0 Å². The Morgan fingerprint density at radius 3 is 1.79 bits per heavy atom. The molecule has 8 rings (SSSR count). The van der Waals surface area contributed by atoms with E-state index < -0.39 is 0 Å². The van der Waals surface area contributed by atoms with Gasteiger partial charge in [0.15, 0.2) is 0 Å². The summed E-state index contributed by atoms with van der Waals surface area (Å²) in [5.74, 6) is 3.23. The van der Waals surface area contributed by atoms with Crippen LogP contribution in [0.5, 0.6) is 0 Å². The van der Waals surface area contributed by atoms with Crippen molar-refractivity contribution in [3.05, 3.63) is 211 Å². The van der Waals surface area contributed by atoms with Crippen LogP contribution in [0.1, 0.15) is 30.9 Å². The van der Waals surface area contributed by atoms with Gasteiger partial charge in [0.1, 0.15) is 0 Å². The minimum atomic E-state index is 0.205. The van der Waals surface area contributed by atoms with Crippen molar-refractivity contribution in [1.82, 2.24) is 0 Å². The standard InChI is InChI=1S/C50H40N2/c1-4-15-42(16-5-2)51(43-19-11-7-12-20-43)45-31-32-47-49(35-45)52(44-21-13-8-14-22-44)48-34-33-46(36(3)50(47)48)41-29-27-40(28-30-41)39-25-23-38(24-26-39)37-17-9-6-10-18-37/h1,5-36,50H,2-3H3/b16-5-,42-15+. The molecule has 250 valence electrons. The van der Waals surface area contributed by atoms with E-state index in [4.69, 9.17) is 6.42 Å². The zero-order valence-electron chi connectivity index (χ0n) is 29.5. The fourth-order valence-corrected chi connectivity index (χ4v) is 7.81. The highest BCUT2D eigenvalue weighted by Crippen LogP contribution is 2.56. The number of hydrogen-bond donors (Lipinski definition) is 0. The lowest BCUT2D eigenvalue weighted by Crippen LogP contribution is -2.20. The second-order valence-corrected chi connectivity index (χ2v) is 13.3. The summed E-state index contributed by atoms with van der Waals surface area (Å²) in [7, 11) is 0. The summed E-state index contributed by atoms with van der Waals surface area (Å²) in [6, 6.07) is 56.5. The van der Waals surface area contributed by atoms with Gasteiger partial charge in [0.05, 0.1) is 11.4 Å². The molecule has 0 spiro atoms. The van der Waals surface area contributed by atoms with Crippen LogP contribution in [0.4, 0.5) is 22.7 Å². The van der Waals surface area contributed by atoms with E-state index in [1.54, 1.807) is 0 Å². The molecule has 0 bridgehead atoms. The molecule has 2 aliphatic rings. The van der Waals surface area contributed by atoms with Crippen molar-refractivity contribution in [3.8, 4) is 34.6 Å². The fourth-order valence-electron chi connectivity index (χ4n) is 7.81. The maximum absolute atomic E-state index is 5.85. The van der Waals surface area contributed by atoms with Gasteiger partial charge in [0.25, 0.3) is 0 Å². The first-order valence-corrected chi connectivity index (χ1v) is 18.0. The molecule has 2 nitrogen and oxygen atoms in total. The Morgan fingerprint density at radius 1 is 0.635 bits per heavy atom. The number of allylic oxidation sites excluding steroid dienone is 7. The molecule has 0 fully saturated rings. The largest absolute Gasteiger partial charge is 0.313 e. The average Bonchev–Trinajstić information content (AvgIpc) is 3.54. The molecule has 2 atom stereocenters. The summed E-state index contributed by atoms with van der Waals surface area (Å²) >= 11 is 0. The molecule has 52 heavy (non-hydrogen) atoms. The first-order chi connectivity index (χ1) is 25.6. The molecule has 0 saturated carbocycles. The summed E-state index contributed by atoms with van der Waals surface area (Å²) in [6.45, 7) is 4.40. The van der Waals surface area contributed by atoms with Crippen LogP contribution in [-0.4, -0.2) is 0 Å². The lowest BCUT2D eigenvalue weighted by Gasteiger charge is -2.31. The van der Waals surface area contributed by atoms with Crippen molar-refractivity contribution in [2.45, 2.75) is 19.8 Å². The van der Waals surface area contributed by atoms with Gasteiger partial charge in [-0.3, -0.25) is 0 Å². The van der Waals surface area contributed by atoms with Crippen LogP contribution in [0.3, 0.4) is 0 Å². The Bertz CT molecular complexity index is 2360. The molecule has 0 aromatic heterocycles. The molecule has 0 radical (unpaired) electrons. The van der Waals surface area contributed by atoms with E-state index in [2.05, 4.69) is 193 Å². The number of rotatable bonds is 8.